The first-order valence-electron chi connectivity index (χ1n) is 10.0. The Bertz CT molecular complexity index is 737. The van der Waals surface area contributed by atoms with Crippen molar-refractivity contribution >= 4 is 11.6 Å². The van der Waals surface area contributed by atoms with E-state index in [9.17, 15) is 0 Å². The number of anilines is 1. The van der Waals surface area contributed by atoms with E-state index in [2.05, 4.69) is 60.5 Å². The number of rotatable bonds is 8. The van der Waals surface area contributed by atoms with E-state index in [1.165, 1.54) is 11.3 Å². The van der Waals surface area contributed by atoms with Gasteiger partial charge in [0.2, 0.25) is 0 Å². The van der Waals surface area contributed by atoms with Crippen molar-refractivity contribution in [2.24, 2.45) is 4.99 Å². The number of guanidine groups is 1. The van der Waals surface area contributed by atoms with E-state index >= 15 is 0 Å². The van der Waals surface area contributed by atoms with Crippen molar-refractivity contribution in [1.82, 2.24) is 10.2 Å². The topological polar surface area (TPSA) is 53.2 Å². The average Bonchev–Trinajstić information content (AvgIpc) is 3.38. The van der Waals surface area contributed by atoms with Crippen LogP contribution in [0.1, 0.15) is 24.2 Å². The number of hydrogen-bond donors (Lipinski definition) is 1. The summed E-state index contributed by atoms with van der Waals surface area (Å²) < 4.78 is 11.2. The fourth-order valence-electron chi connectivity index (χ4n) is 3.32. The van der Waals surface area contributed by atoms with Crippen molar-refractivity contribution in [3.8, 4) is 0 Å². The van der Waals surface area contributed by atoms with Gasteiger partial charge in [-0.15, -0.1) is 0 Å². The first-order chi connectivity index (χ1) is 13.6. The number of aliphatic imine (C=N–C) groups is 1. The Morgan fingerprint density at radius 3 is 2.82 bits per heavy atom. The molecular formula is C22H32N4O2. The molecule has 3 rings (SSSR count). The Balaban J connectivity index is 1.63. The number of benzene rings is 1. The zero-order valence-corrected chi connectivity index (χ0v) is 17.2. The summed E-state index contributed by atoms with van der Waals surface area (Å²) >= 11 is 0. The van der Waals surface area contributed by atoms with Crippen molar-refractivity contribution in [1.29, 1.82) is 0 Å². The minimum atomic E-state index is 0.243. The van der Waals surface area contributed by atoms with Crippen molar-refractivity contribution in [3.63, 3.8) is 0 Å². The van der Waals surface area contributed by atoms with Crippen molar-refractivity contribution in [2.45, 2.75) is 31.9 Å². The zero-order valence-electron chi connectivity index (χ0n) is 17.2. The molecular weight excluding hydrogens is 352 g/mol. The third-order valence-electron chi connectivity index (χ3n) is 4.91. The molecule has 1 N–H and O–H groups in total. The van der Waals surface area contributed by atoms with Gasteiger partial charge in [-0.25, -0.2) is 0 Å². The molecule has 0 radical (unpaired) electrons. The van der Waals surface area contributed by atoms with Gasteiger partial charge in [0.15, 0.2) is 5.96 Å². The SMILES string of the molecule is CN(Cc1cccc(N(C)C)c1)C(=NCC1CCCO1)NCCc1ccco1. The van der Waals surface area contributed by atoms with Crippen molar-refractivity contribution in [2.75, 3.05) is 45.7 Å². The summed E-state index contributed by atoms with van der Waals surface area (Å²) in [6.07, 6.45) is 5.01. The summed E-state index contributed by atoms with van der Waals surface area (Å²) in [5, 5.41) is 3.49. The second-order valence-electron chi connectivity index (χ2n) is 7.48. The number of ether oxygens (including phenoxy) is 1. The van der Waals surface area contributed by atoms with Crippen LogP contribution in [0.2, 0.25) is 0 Å². The fourth-order valence-corrected chi connectivity index (χ4v) is 3.32. The van der Waals surface area contributed by atoms with Crippen LogP contribution in [0.15, 0.2) is 52.1 Å². The van der Waals surface area contributed by atoms with Crippen LogP contribution < -0.4 is 10.2 Å². The molecule has 1 unspecified atom stereocenters. The monoisotopic (exact) mass is 384 g/mol. The Labute approximate surface area is 168 Å². The minimum absolute atomic E-state index is 0.243. The maximum atomic E-state index is 5.73. The molecule has 1 atom stereocenters. The molecule has 0 saturated carbocycles. The number of nitrogens with zero attached hydrogens (tertiary/aromatic N) is 3. The lowest BCUT2D eigenvalue weighted by Gasteiger charge is -2.24. The van der Waals surface area contributed by atoms with Gasteiger partial charge in [0.1, 0.15) is 5.76 Å². The summed E-state index contributed by atoms with van der Waals surface area (Å²) in [7, 11) is 6.21. The highest BCUT2D eigenvalue weighted by Crippen LogP contribution is 2.15. The molecule has 28 heavy (non-hydrogen) atoms. The zero-order chi connectivity index (χ0) is 19.8. The second kappa shape index (κ2) is 10.2. The molecule has 1 aromatic carbocycles. The molecule has 0 spiro atoms. The van der Waals surface area contributed by atoms with Crippen LogP contribution in [-0.2, 0) is 17.7 Å². The Kier molecular flexibility index (Phi) is 7.37. The quantitative estimate of drug-likeness (QED) is 0.560. The fraction of sp³-hybridized carbons (Fsp3) is 0.500. The van der Waals surface area contributed by atoms with Gasteiger partial charge in [0.25, 0.3) is 0 Å². The molecule has 2 heterocycles. The first kappa shape index (κ1) is 20.3. The standard InChI is InChI=1S/C22H32N4O2/c1-25(2)19-8-4-7-18(15-19)17-26(3)22(24-16-21-10-6-14-28-21)23-12-11-20-9-5-13-27-20/h4-5,7-9,13,15,21H,6,10-12,14,16-17H2,1-3H3,(H,23,24). The van der Waals surface area contributed by atoms with Crippen molar-refractivity contribution < 1.29 is 9.15 Å². The highest BCUT2D eigenvalue weighted by molar-refractivity contribution is 5.79. The molecule has 1 fully saturated rings. The molecule has 1 aliphatic rings. The first-order valence-corrected chi connectivity index (χ1v) is 10.0. The molecule has 1 aliphatic heterocycles. The maximum absolute atomic E-state index is 5.73. The lowest BCUT2D eigenvalue weighted by atomic mass is 10.2. The van der Waals surface area contributed by atoms with Crippen LogP contribution in [0.3, 0.4) is 0 Å². The van der Waals surface area contributed by atoms with Gasteiger partial charge in [0, 0.05) is 52.9 Å². The summed E-state index contributed by atoms with van der Waals surface area (Å²) in [5.41, 5.74) is 2.46. The lowest BCUT2D eigenvalue weighted by molar-refractivity contribution is 0.117. The van der Waals surface area contributed by atoms with Crippen LogP contribution in [0.5, 0.6) is 0 Å². The Morgan fingerprint density at radius 2 is 2.11 bits per heavy atom. The van der Waals surface area contributed by atoms with Gasteiger partial charge in [0.05, 0.1) is 18.9 Å². The van der Waals surface area contributed by atoms with Crippen LogP contribution in [0.4, 0.5) is 5.69 Å². The average molecular weight is 385 g/mol. The highest BCUT2D eigenvalue weighted by atomic mass is 16.5. The predicted molar refractivity (Wildman–Crippen MR) is 114 cm³/mol. The van der Waals surface area contributed by atoms with Crippen LogP contribution in [0, 0.1) is 0 Å². The van der Waals surface area contributed by atoms with E-state index in [4.69, 9.17) is 14.1 Å². The van der Waals surface area contributed by atoms with E-state index in [0.717, 1.165) is 50.7 Å². The molecule has 0 amide bonds. The van der Waals surface area contributed by atoms with Gasteiger partial charge < -0.3 is 24.3 Å². The highest BCUT2D eigenvalue weighted by Gasteiger charge is 2.16. The van der Waals surface area contributed by atoms with E-state index in [1.54, 1.807) is 6.26 Å². The summed E-state index contributed by atoms with van der Waals surface area (Å²) in [4.78, 5) is 9.14. The molecule has 1 saturated heterocycles. The van der Waals surface area contributed by atoms with E-state index in [1.807, 2.05) is 12.1 Å². The normalized spacial score (nSPS) is 17.0. The molecule has 6 nitrogen and oxygen atoms in total. The van der Waals surface area contributed by atoms with Crippen LogP contribution in [0.25, 0.3) is 0 Å². The second-order valence-corrected chi connectivity index (χ2v) is 7.48. The lowest BCUT2D eigenvalue weighted by Crippen LogP contribution is -2.40. The maximum Gasteiger partial charge on any atom is 0.194 e. The molecule has 2 aromatic rings. The summed E-state index contributed by atoms with van der Waals surface area (Å²) in [5.74, 6) is 1.88. The smallest absolute Gasteiger partial charge is 0.194 e. The van der Waals surface area contributed by atoms with E-state index in [-0.39, 0.29) is 6.10 Å². The summed E-state index contributed by atoms with van der Waals surface area (Å²) in [6, 6.07) is 12.5. The molecule has 1 aromatic heterocycles. The van der Waals surface area contributed by atoms with Gasteiger partial charge in [-0.2, -0.15) is 0 Å². The van der Waals surface area contributed by atoms with Gasteiger partial charge in [-0.1, -0.05) is 12.1 Å². The van der Waals surface area contributed by atoms with Gasteiger partial charge >= 0.3 is 0 Å². The Morgan fingerprint density at radius 1 is 1.21 bits per heavy atom. The molecule has 152 valence electrons. The predicted octanol–water partition coefficient (Wildman–Crippen LogP) is 3.14. The van der Waals surface area contributed by atoms with Crippen LogP contribution in [-0.4, -0.2) is 57.8 Å². The van der Waals surface area contributed by atoms with Crippen molar-refractivity contribution in [3.05, 3.63) is 54.0 Å². The van der Waals surface area contributed by atoms with Gasteiger partial charge in [-0.05, 0) is 42.7 Å². The van der Waals surface area contributed by atoms with E-state index in [0.29, 0.717) is 6.54 Å². The Hall–Kier alpha value is -2.47. The minimum Gasteiger partial charge on any atom is -0.469 e. The third-order valence-corrected chi connectivity index (χ3v) is 4.91. The number of hydrogen-bond acceptors (Lipinski definition) is 4. The third kappa shape index (κ3) is 6.02. The largest absolute Gasteiger partial charge is 0.469 e. The van der Waals surface area contributed by atoms with Crippen LogP contribution >= 0.6 is 0 Å². The number of furan rings is 1. The van der Waals surface area contributed by atoms with Gasteiger partial charge in [-0.3, -0.25) is 4.99 Å². The number of nitrogens with one attached hydrogen (secondary N) is 1. The molecule has 0 aliphatic carbocycles. The molecule has 0 bridgehead atoms. The summed E-state index contributed by atoms with van der Waals surface area (Å²) in [6.45, 7) is 3.12. The van der Waals surface area contributed by atoms with E-state index < -0.39 is 0 Å². The molecule has 6 heteroatoms.